The van der Waals surface area contributed by atoms with E-state index in [9.17, 15) is 9.59 Å². The highest BCUT2D eigenvalue weighted by molar-refractivity contribution is 8.18. The fourth-order valence-corrected chi connectivity index (χ4v) is 4.02. The summed E-state index contributed by atoms with van der Waals surface area (Å²) < 4.78 is 10.9. The van der Waals surface area contributed by atoms with Crippen molar-refractivity contribution in [2.24, 2.45) is 4.99 Å². The first-order chi connectivity index (χ1) is 15.4. The summed E-state index contributed by atoms with van der Waals surface area (Å²) in [5.74, 6) is 0.487. The second-order valence-electron chi connectivity index (χ2n) is 6.85. The third kappa shape index (κ3) is 4.79. The van der Waals surface area contributed by atoms with Crippen LogP contribution >= 0.6 is 23.4 Å². The lowest BCUT2D eigenvalue weighted by atomic mass is 10.1. The summed E-state index contributed by atoms with van der Waals surface area (Å²) in [6, 6.07) is 17.9. The molecular formula is C24H19ClN2O4S. The van der Waals surface area contributed by atoms with Gasteiger partial charge < -0.3 is 14.1 Å². The highest BCUT2D eigenvalue weighted by atomic mass is 35.5. The Morgan fingerprint density at radius 2 is 1.84 bits per heavy atom. The standard InChI is InChI=1S/C24H19ClN2O4S/c1-3-30-23(29)16-6-4-15(5-7-16)20-13-12-19(31-20)14-21-22(28)26-24(32-21)27(2)18-10-8-17(25)9-11-18/h4-14H,3H2,1-2H3/b21-14-. The number of halogens is 1. The Bertz CT molecular complexity index is 1210. The van der Waals surface area contributed by atoms with Crippen LogP contribution in [0.1, 0.15) is 23.0 Å². The zero-order chi connectivity index (χ0) is 22.7. The van der Waals surface area contributed by atoms with Crippen molar-refractivity contribution in [3.63, 3.8) is 0 Å². The monoisotopic (exact) mass is 466 g/mol. The summed E-state index contributed by atoms with van der Waals surface area (Å²) in [6.07, 6.45) is 1.68. The lowest BCUT2D eigenvalue weighted by molar-refractivity contribution is -0.113. The SMILES string of the molecule is CCOC(=O)c1ccc(-c2ccc(/C=C3\SC(N(C)c4ccc(Cl)cc4)=NC3=O)o2)cc1. The Kier molecular flexibility index (Phi) is 6.48. The van der Waals surface area contributed by atoms with Crippen molar-refractivity contribution < 1.29 is 18.7 Å². The van der Waals surface area contributed by atoms with Gasteiger partial charge in [0.05, 0.1) is 17.1 Å². The first kappa shape index (κ1) is 21.9. The second-order valence-corrected chi connectivity index (χ2v) is 8.29. The molecule has 1 aromatic heterocycles. The van der Waals surface area contributed by atoms with Gasteiger partial charge in [-0.1, -0.05) is 23.7 Å². The molecule has 0 atom stereocenters. The van der Waals surface area contributed by atoms with Crippen molar-refractivity contribution in [2.75, 3.05) is 18.6 Å². The molecule has 1 aliphatic heterocycles. The van der Waals surface area contributed by atoms with E-state index in [1.54, 1.807) is 55.5 Å². The van der Waals surface area contributed by atoms with Gasteiger partial charge >= 0.3 is 5.97 Å². The van der Waals surface area contributed by atoms with Crippen LogP contribution in [-0.2, 0) is 9.53 Å². The van der Waals surface area contributed by atoms with E-state index in [1.807, 2.05) is 30.1 Å². The molecule has 0 aliphatic carbocycles. The van der Waals surface area contributed by atoms with E-state index in [0.29, 0.717) is 38.8 Å². The number of hydrogen-bond acceptors (Lipinski definition) is 6. The molecule has 2 heterocycles. The minimum absolute atomic E-state index is 0.317. The molecule has 0 bridgehead atoms. The quantitative estimate of drug-likeness (QED) is 0.345. The van der Waals surface area contributed by atoms with Crippen molar-refractivity contribution in [1.29, 1.82) is 0 Å². The molecule has 0 fully saturated rings. The molecule has 0 spiro atoms. The average molecular weight is 467 g/mol. The number of carbonyl (C=O) groups is 2. The molecule has 32 heavy (non-hydrogen) atoms. The number of esters is 1. The number of anilines is 1. The van der Waals surface area contributed by atoms with Gasteiger partial charge in [-0.25, -0.2) is 4.79 Å². The van der Waals surface area contributed by atoms with E-state index < -0.39 is 0 Å². The van der Waals surface area contributed by atoms with Crippen LogP contribution in [0.25, 0.3) is 17.4 Å². The highest BCUT2D eigenvalue weighted by Crippen LogP contribution is 2.33. The molecule has 1 aliphatic rings. The van der Waals surface area contributed by atoms with Crippen LogP contribution in [0.4, 0.5) is 5.69 Å². The van der Waals surface area contributed by atoms with Gasteiger partial charge in [-0.2, -0.15) is 4.99 Å². The summed E-state index contributed by atoms with van der Waals surface area (Å²) in [5, 5.41) is 1.22. The van der Waals surface area contributed by atoms with Crippen LogP contribution in [0, 0.1) is 0 Å². The van der Waals surface area contributed by atoms with E-state index in [0.717, 1.165) is 11.3 Å². The maximum absolute atomic E-state index is 12.4. The van der Waals surface area contributed by atoms with Crippen molar-refractivity contribution in [3.8, 4) is 11.3 Å². The van der Waals surface area contributed by atoms with Gasteiger partial charge in [0, 0.05) is 29.4 Å². The maximum atomic E-state index is 12.4. The van der Waals surface area contributed by atoms with Crippen LogP contribution in [0.2, 0.25) is 5.02 Å². The van der Waals surface area contributed by atoms with Gasteiger partial charge in [0.2, 0.25) is 0 Å². The Labute approximate surface area is 194 Å². The normalized spacial score (nSPS) is 14.5. The van der Waals surface area contributed by atoms with Crippen LogP contribution in [0.5, 0.6) is 0 Å². The number of benzene rings is 2. The van der Waals surface area contributed by atoms with Gasteiger partial charge in [0.25, 0.3) is 5.91 Å². The highest BCUT2D eigenvalue weighted by Gasteiger charge is 2.25. The van der Waals surface area contributed by atoms with Crippen LogP contribution in [-0.4, -0.2) is 30.7 Å². The molecule has 0 saturated heterocycles. The number of rotatable bonds is 5. The van der Waals surface area contributed by atoms with Crippen LogP contribution in [0.3, 0.4) is 0 Å². The Morgan fingerprint density at radius 1 is 1.12 bits per heavy atom. The fourth-order valence-electron chi connectivity index (χ4n) is 3.02. The molecule has 3 aromatic rings. The minimum atomic E-state index is -0.361. The predicted octanol–water partition coefficient (Wildman–Crippen LogP) is 5.88. The molecule has 8 heteroatoms. The van der Waals surface area contributed by atoms with Crippen molar-refractivity contribution in [1.82, 2.24) is 0 Å². The zero-order valence-corrected chi connectivity index (χ0v) is 18.9. The van der Waals surface area contributed by atoms with E-state index >= 15 is 0 Å². The Balaban J connectivity index is 1.47. The second kappa shape index (κ2) is 9.46. The molecule has 0 saturated carbocycles. The van der Waals surface area contributed by atoms with E-state index in [1.165, 1.54) is 11.8 Å². The summed E-state index contributed by atoms with van der Waals surface area (Å²) >= 11 is 7.22. The number of hydrogen-bond donors (Lipinski definition) is 0. The molecule has 0 unspecified atom stereocenters. The molecule has 2 aromatic carbocycles. The first-order valence-electron chi connectivity index (χ1n) is 9.84. The molecule has 6 nitrogen and oxygen atoms in total. The Morgan fingerprint density at radius 3 is 2.53 bits per heavy atom. The van der Waals surface area contributed by atoms with Crippen LogP contribution < -0.4 is 4.90 Å². The topological polar surface area (TPSA) is 72.1 Å². The average Bonchev–Trinajstić information content (AvgIpc) is 3.41. The lowest BCUT2D eigenvalue weighted by Gasteiger charge is -2.17. The summed E-state index contributed by atoms with van der Waals surface area (Å²) in [5.41, 5.74) is 2.17. The number of nitrogens with zero attached hydrogens (tertiary/aromatic N) is 2. The number of ether oxygens (including phenoxy) is 1. The van der Waals surface area contributed by atoms with Gasteiger partial charge in [-0.3, -0.25) is 4.79 Å². The van der Waals surface area contributed by atoms with Gasteiger partial charge in [0.1, 0.15) is 11.5 Å². The molecule has 4 rings (SSSR count). The number of thioether (sulfide) groups is 1. The number of aliphatic imine (C=N–C) groups is 1. The molecule has 0 N–H and O–H groups in total. The number of carbonyl (C=O) groups excluding carboxylic acids is 2. The molecular weight excluding hydrogens is 448 g/mol. The third-order valence-corrected chi connectivity index (χ3v) is 6.00. The predicted molar refractivity (Wildman–Crippen MR) is 128 cm³/mol. The maximum Gasteiger partial charge on any atom is 0.338 e. The summed E-state index contributed by atoms with van der Waals surface area (Å²) in [6.45, 7) is 2.09. The van der Waals surface area contributed by atoms with Gasteiger partial charge in [-0.05, 0) is 67.2 Å². The fraction of sp³-hybridized carbons (Fsp3) is 0.125. The van der Waals surface area contributed by atoms with Crippen molar-refractivity contribution in [2.45, 2.75) is 6.92 Å². The molecule has 162 valence electrons. The summed E-state index contributed by atoms with van der Waals surface area (Å²) in [4.78, 5) is 30.6. The number of furan rings is 1. The van der Waals surface area contributed by atoms with E-state index in [2.05, 4.69) is 4.99 Å². The van der Waals surface area contributed by atoms with Gasteiger partial charge in [-0.15, -0.1) is 0 Å². The van der Waals surface area contributed by atoms with Crippen molar-refractivity contribution >= 4 is 52.2 Å². The zero-order valence-electron chi connectivity index (χ0n) is 17.4. The summed E-state index contributed by atoms with van der Waals surface area (Å²) in [7, 11) is 1.84. The Hall–Kier alpha value is -3.29. The smallest absolute Gasteiger partial charge is 0.338 e. The van der Waals surface area contributed by atoms with Crippen molar-refractivity contribution in [3.05, 3.63) is 81.9 Å². The minimum Gasteiger partial charge on any atom is -0.462 e. The molecule has 0 radical (unpaired) electrons. The van der Waals surface area contributed by atoms with Gasteiger partial charge in [0.15, 0.2) is 5.17 Å². The van der Waals surface area contributed by atoms with Crippen LogP contribution in [0.15, 0.2) is 75.0 Å². The molecule has 1 amide bonds. The van der Waals surface area contributed by atoms with E-state index in [4.69, 9.17) is 20.8 Å². The largest absolute Gasteiger partial charge is 0.462 e. The van der Waals surface area contributed by atoms with E-state index in [-0.39, 0.29) is 11.9 Å². The lowest BCUT2D eigenvalue weighted by Crippen LogP contribution is -2.21. The first-order valence-corrected chi connectivity index (χ1v) is 11.0. The number of amidine groups is 1. The third-order valence-electron chi connectivity index (χ3n) is 4.69. The number of amides is 1.